The molecule has 0 bridgehead atoms. The molecule has 5 heteroatoms. The van der Waals surface area contributed by atoms with E-state index < -0.39 is 6.09 Å². The first-order valence-corrected chi connectivity index (χ1v) is 6.88. The van der Waals surface area contributed by atoms with E-state index in [1.165, 1.54) is 24.3 Å². The molecule has 0 heterocycles. The summed E-state index contributed by atoms with van der Waals surface area (Å²) in [5, 5.41) is 2.51. The first-order chi connectivity index (χ1) is 10.6. The zero-order valence-corrected chi connectivity index (χ0v) is 11.9. The first-order valence-electron chi connectivity index (χ1n) is 6.88. The Morgan fingerprint density at radius 2 is 1.68 bits per heavy atom. The topological polar surface area (TPSA) is 55.4 Å². The average Bonchev–Trinajstić information content (AvgIpc) is 2.54. The molecule has 4 nitrogen and oxygen atoms in total. The highest BCUT2D eigenvalue weighted by atomic mass is 19.1. The highest BCUT2D eigenvalue weighted by molar-refractivity contribution is 5.96. The summed E-state index contributed by atoms with van der Waals surface area (Å²) in [5.41, 5.74) is 1.31. The number of carbonyl (C=O) groups is 2. The van der Waals surface area contributed by atoms with Crippen LogP contribution in [0.2, 0.25) is 0 Å². The maximum atomic E-state index is 12.7. The number of carbonyl (C=O) groups excluding carboxylic acids is 2. The van der Waals surface area contributed by atoms with Crippen LogP contribution in [0.5, 0.6) is 0 Å². The quantitative estimate of drug-likeness (QED) is 0.833. The van der Waals surface area contributed by atoms with Crippen molar-refractivity contribution in [3.8, 4) is 0 Å². The molecule has 0 aliphatic heterocycles. The molecule has 22 heavy (non-hydrogen) atoms. The lowest BCUT2D eigenvalue weighted by molar-refractivity contribution is 0.0980. The highest BCUT2D eigenvalue weighted by Gasteiger charge is 2.07. The van der Waals surface area contributed by atoms with Gasteiger partial charge in [0.05, 0.1) is 0 Å². The third-order valence-corrected chi connectivity index (χ3v) is 3.00. The fourth-order valence-electron chi connectivity index (χ4n) is 1.83. The number of amides is 1. The van der Waals surface area contributed by atoms with Crippen LogP contribution >= 0.6 is 0 Å². The third kappa shape index (κ3) is 5.01. The van der Waals surface area contributed by atoms with Gasteiger partial charge in [-0.3, -0.25) is 4.79 Å². The molecule has 0 aliphatic rings. The van der Waals surface area contributed by atoms with Crippen molar-refractivity contribution in [3.63, 3.8) is 0 Å². The summed E-state index contributed by atoms with van der Waals surface area (Å²) in [6.45, 7) is 0.350. The Balaban J connectivity index is 1.68. The van der Waals surface area contributed by atoms with Crippen LogP contribution < -0.4 is 5.32 Å². The summed E-state index contributed by atoms with van der Waals surface area (Å²) in [7, 11) is 0. The fourth-order valence-corrected chi connectivity index (χ4v) is 1.83. The van der Waals surface area contributed by atoms with Gasteiger partial charge in [0.2, 0.25) is 0 Å². The van der Waals surface area contributed by atoms with Gasteiger partial charge in [-0.2, -0.15) is 0 Å². The van der Waals surface area contributed by atoms with Crippen molar-refractivity contribution >= 4 is 11.9 Å². The molecule has 0 unspecified atom stereocenters. The first kappa shape index (κ1) is 15.7. The van der Waals surface area contributed by atoms with E-state index in [4.69, 9.17) is 4.74 Å². The van der Waals surface area contributed by atoms with Crippen LogP contribution in [-0.2, 0) is 11.3 Å². The number of hydrogen-bond donors (Lipinski definition) is 1. The van der Waals surface area contributed by atoms with Crippen molar-refractivity contribution in [1.29, 1.82) is 0 Å². The largest absolute Gasteiger partial charge is 0.445 e. The Morgan fingerprint density at radius 3 is 2.36 bits per heavy atom. The highest BCUT2D eigenvalue weighted by Crippen LogP contribution is 2.05. The Labute approximate surface area is 127 Å². The van der Waals surface area contributed by atoms with E-state index in [0.29, 0.717) is 5.56 Å². The van der Waals surface area contributed by atoms with Crippen LogP contribution in [-0.4, -0.2) is 18.4 Å². The Kier molecular flexibility index (Phi) is 5.65. The second-order valence-corrected chi connectivity index (χ2v) is 4.67. The summed E-state index contributed by atoms with van der Waals surface area (Å²) < 4.78 is 17.8. The van der Waals surface area contributed by atoms with Gasteiger partial charge in [-0.15, -0.1) is 0 Å². The van der Waals surface area contributed by atoms with Crippen molar-refractivity contribution in [2.24, 2.45) is 0 Å². The second kappa shape index (κ2) is 7.93. The van der Waals surface area contributed by atoms with E-state index in [0.717, 1.165) is 5.56 Å². The smallest absolute Gasteiger partial charge is 0.407 e. The number of halogens is 1. The van der Waals surface area contributed by atoms with E-state index in [-0.39, 0.29) is 31.2 Å². The van der Waals surface area contributed by atoms with Crippen LogP contribution in [0.3, 0.4) is 0 Å². The van der Waals surface area contributed by atoms with Gasteiger partial charge in [-0.1, -0.05) is 30.3 Å². The van der Waals surface area contributed by atoms with Gasteiger partial charge in [0.1, 0.15) is 12.4 Å². The number of alkyl carbamates (subject to hydrolysis) is 1. The van der Waals surface area contributed by atoms with Gasteiger partial charge in [0.15, 0.2) is 5.78 Å². The number of benzene rings is 2. The van der Waals surface area contributed by atoms with Crippen molar-refractivity contribution < 1.29 is 18.7 Å². The summed E-state index contributed by atoms with van der Waals surface area (Å²) in [6, 6.07) is 14.6. The van der Waals surface area contributed by atoms with Gasteiger partial charge in [0.25, 0.3) is 0 Å². The molecule has 2 rings (SSSR count). The molecule has 2 aromatic rings. The molecule has 1 amide bonds. The van der Waals surface area contributed by atoms with Crippen molar-refractivity contribution in [2.45, 2.75) is 13.0 Å². The molecule has 0 saturated heterocycles. The van der Waals surface area contributed by atoms with E-state index in [9.17, 15) is 14.0 Å². The van der Waals surface area contributed by atoms with Gasteiger partial charge >= 0.3 is 6.09 Å². The average molecular weight is 301 g/mol. The molecular weight excluding hydrogens is 285 g/mol. The molecule has 2 aromatic carbocycles. The summed E-state index contributed by atoms with van der Waals surface area (Å²) in [5.74, 6) is -0.553. The zero-order chi connectivity index (χ0) is 15.8. The standard InChI is InChI=1S/C17H16FNO3/c18-15-8-6-14(7-9-15)16(20)10-11-19-17(21)22-12-13-4-2-1-3-5-13/h1-9H,10-12H2,(H,19,21). The maximum Gasteiger partial charge on any atom is 0.407 e. The lowest BCUT2D eigenvalue weighted by atomic mass is 10.1. The second-order valence-electron chi connectivity index (χ2n) is 4.67. The van der Waals surface area contributed by atoms with Crippen LogP contribution in [0.1, 0.15) is 22.3 Å². The Morgan fingerprint density at radius 1 is 1.00 bits per heavy atom. The van der Waals surface area contributed by atoms with Crippen LogP contribution in [0.15, 0.2) is 54.6 Å². The van der Waals surface area contributed by atoms with Gasteiger partial charge in [-0.05, 0) is 29.8 Å². The number of rotatable bonds is 6. The normalized spacial score (nSPS) is 10.0. The number of hydrogen-bond acceptors (Lipinski definition) is 3. The SMILES string of the molecule is O=C(NCCC(=O)c1ccc(F)cc1)OCc1ccccc1. The van der Waals surface area contributed by atoms with Crippen molar-refractivity contribution in [1.82, 2.24) is 5.32 Å². The minimum Gasteiger partial charge on any atom is -0.445 e. The maximum absolute atomic E-state index is 12.7. The van der Waals surface area contributed by atoms with Gasteiger partial charge in [0, 0.05) is 18.5 Å². The molecule has 0 saturated carbocycles. The molecule has 0 atom stereocenters. The summed E-state index contributed by atoms with van der Waals surface area (Å²) in [6.07, 6.45) is -0.442. The van der Waals surface area contributed by atoms with Gasteiger partial charge in [-0.25, -0.2) is 9.18 Å². The van der Waals surface area contributed by atoms with E-state index >= 15 is 0 Å². The van der Waals surface area contributed by atoms with E-state index in [1.807, 2.05) is 30.3 Å². The summed E-state index contributed by atoms with van der Waals surface area (Å²) in [4.78, 5) is 23.3. The molecule has 0 aliphatic carbocycles. The summed E-state index contributed by atoms with van der Waals surface area (Å²) >= 11 is 0. The van der Waals surface area contributed by atoms with Crippen molar-refractivity contribution in [2.75, 3.05) is 6.54 Å². The predicted octanol–water partition coefficient (Wildman–Crippen LogP) is 3.32. The number of ether oxygens (including phenoxy) is 1. The number of ketones is 1. The zero-order valence-electron chi connectivity index (χ0n) is 11.9. The van der Waals surface area contributed by atoms with Crippen molar-refractivity contribution in [3.05, 3.63) is 71.5 Å². The molecule has 0 spiro atoms. The monoisotopic (exact) mass is 301 g/mol. The third-order valence-electron chi connectivity index (χ3n) is 3.00. The lowest BCUT2D eigenvalue weighted by Crippen LogP contribution is -2.26. The van der Waals surface area contributed by atoms with Crippen LogP contribution in [0.4, 0.5) is 9.18 Å². The number of Topliss-reactive ketones (excluding diaryl/α,β-unsaturated/α-hetero) is 1. The van der Waals surface area contributed by atoms with E-state index in [2.05, 4.69) is 5.32 Å². The Bertz CT molecular complexity index is 626. The predicted molar refractivity (Wildman–Crippen MR) is 80.0 cm³/mol. The van der Waals surface area contributed by atoms with Crippen LogP contribution in [0.25, 0.3) is 0 Å². The molecule has 0 radical (unpaired) electrons. The molecular formula is C17H16FNO3. The number of nitrogens with one attached hydrogen (secondary N) is 1. The van der Waals surface area contributed by atoms with Gasteiger partial charge < -0.3 is 10.1 Å². The van der Waals surface area contributed by atoms with E-state index in [1.54, 1.807) is 0 Å². The molecule has 0 fully saturated rings. The molecule has 1 N–H and O–H groups in total. The molecule has 0 aromatic heterocycles. The minimum atomic E-state index is -0.573. The lowest BCUT2D eigenvalue weighted by Gasteiger charge is -2.07. The van der Waals surface area contributed by atoms with Crippen LogP contribution in [0, 0.1) is 5.82 Å². The Hall–Kier alpha value is -2.69. The minimum absolute atomic E-state index is 0.131. The fraction of sp³-hybridized carbons (Fsp3) is 0.176. The molecule has 114 valence electrons.